The molecule has 17 heavy (non-hydrogen) atoms. The quantitative estimate of drug-likeness (QED) is 0.811. The minimum absolute atomic E-state index is 0.320. The summed E-state index contributed by atoms with van der Waals surface area (Å²) in [7, 11) is 0. The van der Waals surface area contributed by atoms with E-state index < -0.39 is 0 Å². The molecule has 1 atom stereocenters. The molecule has 0 radical (unpaired) electrons. The predicted molar refractivity (Wildman–Crippen MR) is 73.1 cm³/mol. The average Bonchev–Trinajstić information content (AvgIpc) is 2.22. The average molecular weight is 239 g/mol. The van der Waals surface area contributed by atoms with E-state index in [1.165, 1.54) is 45.4 Å². The number of rotatable bonds is 3. The Hall–Kier alpha value is -0.120. The molecule has 3 heteroatoms. The van der Waals surface area contributed by atoms with E-state index in [4.69, 9.17) is 5.73 Å². The van der Waals surface area contributed by atoms with Gasteiger partial charge in [-0.3, -0.25) is 9.80 Å². The van der Waals surface area contributed by atoms with E-state index >= 15 is 0 Å². The van der Waals surface area contributed by atoms with Gasteiger partial charge >= 0.3 is 0 Å². The highest BCUT2D eigenvalue weighted by Crippen LogP contribution is 2.32. The van der Waals surface area contributed by atoms with Crippen LogP contribution in [0.5, 0.6) is 0 Å². The molecule has 0 aromatic carbocycles. The van der Waals surface area contributed by atoms with Crippen LogP contribution in [0.4, 0.5) is 0 Å². The van der Waals surface area contributed by atoms with Gasteiger partial charge in [0.25, 0.3) is 0 Å². The molecule has 1 saturated heterocycles. The van der Waals surface area contributed by atoms with Crippen molar-refractivity contribution in [2.75, 3.05) is 32.7 Å². The third-order valence-electron chi connectivity index (χ3n) is 4.67. The molecule has 2 fully saturated rings. The zero-order valence-corrected chi connectivity index (χ0v) is 11.8. The molecule has 2 rings (SSSR count). The summed E-state index contributed by atoms with van der Waals surface area (Å²) < 4.78 is 0. The van der Waals surface area contributed by atoms with Crippen molar-refractivity contribution in [1.82, 2.24) is 9.80 Å². The number of hydrogen-bond acceptors (Lipinski definition) is 3. The topological polar surface area (TPSA) is 32.5 Å². The maximum atomic E-state index is 5.98. The van der Waals surface area contributed by atoms with Crippen LogP contribution in [0, 0.1) is 5.92 Å². The number of hydrogen-bond donors (Lipinski definition) is 1. The summed E-state index contributed by atoms with van der Waals surface area (Å²) in [6, 6.07) is 0.658. The van der Waals surface area contributed by atoms with Crippen LogP contribution < -0.4 is 5.73 Å². The van der Waals surface area contributed by atoms with Crippen molar-refractivity contribution in [3.8, 4) is 0 Å². The Morgan fingerprint density at radius 3 is 2.06 bits per heavy atom. The fourth-order valence-corrected chi connectivity index (χ4v) is 3.19. The van der Waals surface area contributed by atoms with Crippen molar-refractivity contribution in [1.29, 1.82) is 0 Å². The normalized spacial score (nSPS) is 26.8. The van der Waals surface area contributed by atoms with Gasteiger partial charge in [-0.05, 0) is 39.5 Å². The molecule has 0 amide bonds. The highest BCUT2D eigenvalue weighted by atomic mass is 15.3. The van der Waals surface area contributed by atoms with Crippen molar-refractivity contribution < 1.29 is 0 Å². The van der Waals surface area contributed by atoms with Crippen LogP contribution in [0.1, 0.15) is 40.0 Å². The van der Waals surface area contributed by atoms with E-state index in [9.17, 15) is 0 Å². The van der Waals surface area contributed by atoms with Gasteiger partial charge in [0.1, 0.15) is 0 Å². The Balaban J connectivity index is 1.85. The van der Waals surface area contributed by atoms with Gasteiger partial charge in [0.15, 0.2) is 0 Å². The van der Waals surface area contributed by atoms with Crippen LogP contribution in [0.2, 0.25) is 0 Å². The van der Waals surface area contributed by atoms with Crippen molar-refractivity contribution in [2.45, 2.75) is 51.6 Å². The van der Waals surface area contributed by atoms with Gasteiger partial charge in [0.05, 0.1) is 0 Å². The van der Waals surface area contributed by atoms with Gasteiger partial charge in [-0.2, -0.15) is 0 Å². The first kappa shape index (κ1) is 13.3. The zero-order chi connectivity index (χ0) is 12.5. The largest absolute Gasteiger partial charge is 0.329 e. The predicted octanol–water partition coefficient (Wildman–Crippen LogP) is 1.53. The molecule has 2 N–H and O–H groups in total. The highest BCUT2D eigenvalue weighted by Gasteiger charge is 2.34. The van der Waals surface area contributed by atoms with Gasteiger partial charge in [-0.25, -0.2) is 0 Å². The fraction of sp³-hybridized carbons (Fsp3) is 1.00. The Kier molecular flexibility index (Phi) is 4.11. The lowest BCUT2D eigenvalue weighted by Gasteiger charge is -2.47. The molecule has 3 nitrogen and oxygen atoms in total. The van der Waals surface area contributed by atoms with E-state index in [2.05, 4.69) is 30.6 Å². The summed E-state index contributed by atoms with van der Waals surface area (Å²) >= 11 is 0. The minimum atomic E-state index is 0.320. The lowest BCUT2D eigenvalue weighted by molar-refractivity contribution is 0.0169. The van der Waals surface area contributed by atoms with Crippen LogP contribution in [0.3, 0.4) is 0 Å². The van der Waals surface area contributed by atoms with E-state index in [-0.39, 0.29) is 0 Å². The molecule has 0 aromatic heterocycles. The Morgan fingerprint density at radius 1 is 1.12 bits per heavy atom. The number of nitrogens with two attached hydrogens (primary N) is 1. The van der Waals surface area contributed by atoms with E-state index in [0.29, 0.717) is 11.6 Å². The van der Waals surface area contributed by atoms with E-state index in [1.807, 2.05) is 0 Å². The summed E-state index contributed by atoms with van der Waals surface area (Å²) in [5.74, 6) is 0.890. The molecule has 1 aliphatic heterocycles. The SMILES string of the molecule is CC(C)(C)N1CCN(C(CN)C2CCC2)CC1. The first-order valence-corrected chi connectivity index (χ1v) is 7.21. The standard InChI is InChI=1S/C14H29N3/c1-14(2,3)17-9-7-16(8-10-17)13(11-15)12-5-4-6-12/h12-13H,4-11,15H2,1-3H3. The van der Waals surface area contributed by atoms with Crippen LogP contribution in [-0.2, 0) is 0 Å². The second kappa shape index (κ2) is 5.25. The third kappa shape index (κ3) is 3.01. The number of piperazine rings is 1. The van der Waals surface area contributed by atoms with Gasteiger partial charge in [0.2, 0.25) is 0 Å². The molecule has 1 saturated carbocycles. The Bertz CT molecular complexity index is 234. The van der Waals surface area contributed by atoms with E-state index in [1.54, 1.807) is 0 Å². The molecular formula is C14H29N3. The zero-order valence-electron chi connectivity index (χ0n) is 11.8. The van der Waals surface area contributed by atoms with Crippen molar-refractivity contribution in [3.63, 3.8) is 0 Å². The molecule has 100 valence electrons. The molecule has 0 aromatic rings. The maximum absolute atomic E-state index is 5.98. The molecule has 0 bridgehead atoms. The van der Waals surface area contributed by atoms with Gasteiger partial charge in [0, 0.05) is 44.3 Å². The molecule has 0 spiro atoms. The Morgan fingerprint density at radius 2 is 1.71 bits per heavy atom. The van der Waals surface area contributed by atoms with Crippen molar-refractivity contribution >= 4 is 0 Å². The second-order valence-corrected chi connectivity index (χ2v) is 6.69. The first-order valence-electron chi connectivity index (χ1n) is 7.21. The van der Waals surface area contributed by atoms with Gasteiger partial charge in [-0.15, -0.1) is 0 Å². The van der Waals surface area contributed by atoms with Crippen LogP contribution in [0.25, 0.3) is 0 Å². The smallest absolute Gasteiger partial charge is 0.0247 e. The molecule has 1 heterocycles. The third-order valence-corrected chi connectivity index (χ3v) is 4.67. The summed E-state index contributed by atoms with van der Waals surface area (Å²) in [5.41, 5.74) is 6.30. The van der Waals surface area contributed by atoms with Gasteiger partial charge in [-0.1, -0.05) is 6.42 Å². The second-order valence-electron chi connectivity index (χ2n) is 6.69. The maximum Gasteiger partial charge on any atom is 0.0247 e. The van der Waals surface area contributed by atoms with Crippen LogP contribution in [0.15, 0.2) is 0 Å². The van der Waals surface area contributed by atoms with E-state index in [0.717, 1.165) is 12.5 Å². The summed E-state index contributed by atoms with van der Waals surface area (Å²) in [6.07, 6.45) is 4.23. The molecule has 1 aliphatic carbocycles. The molecular weight excluding hydrogens is 210 g/mol. The van der Waals surface area contributed by atoms with Crippen molar-refractivity contribution in [3.05, 3.63) is 0 Å². The lowest BCUT2D eigenvalue weighted by Crippen LogP contribution is -2.58. The highest BCUT2D eigenvalue weighted by molar-refractivity contribution is 4.90. The summed E-state index contributed by atoms with van der Waals surface area (Å²) in [6.45, 7) is 12.6. The fourth-order valence-electron chi connectivity index (χ4n) is 3.19. The van der Waals surface area contributed by atoms with Crippen molar-refractivity contribution in [2.24, 2.45) is 11.7 Å². The summed E-state index contributed by atoms with van der Waals surface area (Å²) in [4.78, 5) is 5.24. The lowest BCUT2D eigenvalue weighted by atomic mass is 9.79. The first-order chi connectivity index (χ1) is 8.02. The summed E-state index contributed by atoms with van der Waals surface area (Å²) in [5, 5.41) is 0. The number of nitrogens with zero attached hydrogens (tertiary/aromatic N) is 2. The Labute approximate surface area is 106 Å². The molecule has 1 unspecified atom stereocenters. The van der Waals surface area contributed by atoms with Crippen LogP contribution in [-0.4, -0.2) is 54.1 Å². The van der Waals surface area contributed by atoms with Gasteiger partial charge < -0.3 is 5.73 Å². The minimum Gasteiger partial charge on any atom is -0.329 e. The monoisotopic (exact) mass is 239 g/mol. The van der Waals surface area contributed by atoms with Crippen LogP contribution >= 0.6 is 0 Å². The molecule has 2 aliphatic rings.